The van der Waals surface area contributed by atoms with Crippen molar-refractivity contribution in [2.75, 3.05) is 29.4 Å². The number of anilines is 2. The highest BCUT2D eigenvalue weighted by molar-refractivity contribution is 8.33. The molecule has 2 heterocycles. The fraction of sp³-hybridized carbons (Fsp3) is 0.542. The highest BCUT2D eigenvalue weighted by Crippen LogP contribution is 2.60. The van der Waals surface area contributed by atoms with Crippen molar-refractivity contribution >= 4 is 33.5 Å². The molecule has 3 N–H and O–H groups in total. The van der Waals surface area contributed by atoms with Gasteiger partial charge in [-0.15, -0.1) is 0 Å². The van der Waals surface area contributed by atoms with E-state index in [0.717, 1.165) is 47.3 Å². The molecule has 0 spiro atoms. The van der Waals surface area contributed by atoms with Crippen LogP contribution in [0.25, 0.3) is 0 Å². The maximum absolute atomic E-state index is 13.3. The van der Waals surface area contributed by atoms with Gasteiger partial charge in [-0.3, -0.25) is 9.89 Å². The summed E-state index contributed by atoms with van der Waals surface area (Å²) in [6.45, 7) is 8.43. The Labute approximate surface area is 192 Å². The van der Waals surface area contributed by atoms with Gasteiger partial charge in [0.15, 0.2) is 5.82 Å². The maximum atomic E-state index is 13.3. The van der Waals surface area contributed by atoms with E-state index in [-0.39, 0.29) is 16.7 Å². The Morgan fingerprint density at radius 2 is 1.81 bits per heavy atom. The molecule has 0 atom stereocenters. The van der Waals surface area contributed by atoms with Crippen LogP contribution in [0.15, 0.2) is 18.2 Å². The van der Waals surface area contributed by atoms with E-state index >= 15 is 0 Å². The van der Waals surface area contributed by atoms with Crippen molar-refractivity contribution in [1.29, 1.82) is 0 Å². The van der Waals surface area contributed by atoms with Crippen molar-refractivity contribution in [3.05, 3.63) is 40.6 Å². The number of H-pyrrole nitrogens is 1. The fourth-order valence-electron chi connectivity index (χ4n) is 4.85. The summed E-state index contributed by atoms with van der Waals surface area (Å²) in [5, 5.41) is 13.7. The van der Waals surface area contributed by atoms with Crippen LogP contribution in [-0.4, -0.2) is 50.5 Å². The molecule has 0 radical (unpaired) electrons. The number of carbonyl (C=O) groups is 2. The summed E-state index contributed by atoms with van der Waals surface area (Å²) >= 11 is 0. The molecule has 1 aliphatic carbocycles. The normalized spacial score (nSPS) is 19.2. The molecule has 0 bridgehead atoms. The van der Waals surface area contributed by atoms with Crippen LogP contribution in [0, 0.1) is 13.8 Å². The zero-order valence-corrected chi connectivity index (χ0v) is 21.0. The number of hydrogen-bond donors (Lipinski definition) is 3. The Hall–Kier alpha value is -2.48. The molecular weight excluding hydrogens is 422 g/mol. The monoisotopic (exact) mass is 457 g/mol. The minimum absolute atomic E-state index is 0.0663. The Balaban J connectivity index is 1.55. The lowest BCUT2D eigenvalue weighted by atomic mass is 9.83. The molecule has 3 amide bonds. The average Bonchev–Trinajstić information content (AvgIpc) is 3.15. The Morgan fingerprint density at radius 3 is 2.41 bits per heavy atom. The zero-order valence-electron chi connectivity index (χ0n) is 20.2. The number of carbonyl (C=O) groups excluding carboxylic acids is 2. The minimum atomic E-state index is -1.06. The van der Waals surface area contributed by atoms with E-state index in [0.29, 0.717) is 12.4 Å². The number of rotatable bonds is 4. The molecule has 174 valence electrons. The molecule has 2 aliphatic rings. The van der Waals surface area contributed by atoms with Gasteiger partial charge in [-0.25, -0.2) is 14.8 Å². The van der Waals surface area contributed by atoms with Crippen molar-refractivity contribution in [1.82, 2.24) is 15.1 Å². The van der Waals surface area contributed by atoms with Crippen LogP contribution < -0.4 is 10.6 Å². The quantitative estimate of drug-likeness (QED) is 0.612. The lowest BCUT2D eigenvalue weighted by molar-refractivity contribution is -0.120. The van der Waals surface area contributed by atoms with E-state index in [9.17, 15) is 9.59 Å². The number of nitrogens with zero attached hydrogens (tertiary/aromatic N) is 2. The van der Waals surface area contributed by atoms with Gasteiger partial charge in [0.05, 0.1) is 22.5 Å². The van der Waals surface area contributed by atoms with Crippen molar-refractivity contribution in [3.63, 3.8) is 0 Å². The molecule has 4 rings (SSSR count). The van der Waals surface area contributed by atoms with Crippen molar-refractivity contribution in [2.45, 2.75) is 63.8 Å². The van der Waals surface area contributed by atoms with Crippen LogP contribution in [-0.2, 0) is 16.9 Å². The lowest BCUT2D eigenvalue weighted by Gasteiger charge is -2.53. The first kappa shape index (κ1) is 22.7. The SMILES string of the molecule is Cc1cccc(NC(=O)N2Cc3c(NC(=O)C4(S(C)(C)C)CCC4)n[nH]c3C2(C)C)c1C. The number of aryl methyl sites for hydroxylation is 1. The van der Waals surface area contributed by atoms with Gasteiger partial charge in [0.25, 0.3) is 0 Å². The summed E-state index contributed by atoms with van der Waals surface area (Å²) in [5.41, 5.74) is 4.19. The van der Waals surface area contributed by atoms with Gasteiger partial charge in [0, 0.05) is 11.3 Å². The average molecular weight is 458 g/mol. The van der Waals surface area contributed by atoms with E-state index in [1.54, 1.807) is 4.90 Å². The first-order valence-electron chi connectivity index (χ1n) is 11.1. The highest BCUT2D eigenvalue weighted by atomic mass is 32.3. The van der Waals surface area contributed by atoms with Crippen LogP contribution in [0.5, 0.6) is 0 Å². The number of aromatic amines is 1. The largest absolute Gasteiger partial charge is 0.322 e. The molecule has 1 aromatic heterocycles. The van der Waals surface area contributed by atoms with Gasteiger partial charge >= 0.3 is 6.03 Å². The van der Waals surface area contributed by atoms with Gasteiger partial charge in [-0.05, 0) is 82.9 Å². The smallest absolute Gasteiger partial charge is 0.309 e. The summed E-state index contributed by atoms with van der Waals surface area (Å²) in [4.78, 5) is 28.3. The summed E-state index contributed by atoms with van der Waals surface area (Å²) < 4.78 is -0.285. The van der Waals surface area contributed by atoms with Crippen LogP contribution in [0.4, 0.5) is 16.3 Å². The number of urea groups is 1. The molecule has 1 aromatic carbocycles. The molecule has 8 heteroatoms. The number of amides is 3. The first-order valence-corrected chi connectivity index (χ1v) is 14.0. The third-order valence-electron chi connectivity index (χ3n) is 7.54. The van der Waals surface area contributed by atoms with Gasteiger partial charge < -0.3 is 15.5 Å². The third kappa shape index (κ3) is 3.39. The summed E-state index contributed by atoms with van der Waals surface area (Å²) in [7, 11) is -1.06. The molecule has 32 heavy (non-hydrogen) atoms. The molecular formula is C24H35N5O2S. The standard InChI is InChI=1S/C24H35N5O2S/c1-15-10-8-11-18(16(15)2)25-22(31)29-14-17-19(23(29,3)4)27-28-20(17)26-21(30)24(12-9-13-24)32(5,6)7/h8,10-11H,9,12-14H2,1-7H3,(H,25,31)(H2,26,27,28,30). The summed E-state index contributed by atoms with van der Waals surface area (Å²) in [6.07, 6.45) is 9.59. The van der Waals surface area contributed by atoms with Gasteiger partial charge in [-0.2, -0.15) is 5.10 Å². The van der Waals surface area contributed by atoms with Crippen molar-refractivity contribution in [3.8, 4) is 0 Å². The molecule has 7 nitrogen and oxygen atoms in total. The first-order chi connectivity index (χ1) is 14.9. The molecule has 1 fully saturated rings. The number of hydrogen-bond acceptors (Lipinski definition) is 3. The number of nitrogens with one attached hydrogen (secondary N) is 3. The van der Waals surface area contributed by atoms with Crippen LogP contribution in [0.1, 0.15) is 55.5 Å². The van der Waals surface area contributed by atoms with Gasteiger partial charge in [-0.1, -0.05) is 12.1 Å². The Morgan fingerprint density at radius 1 is 1.12 bits per heavy atom. The van der Waals surface area contributed by atoms with E-state index in [1.165, 1.54) is 0 Å². The maximum Gasteiger partial charge on any atom is 0.322 e. The van der Waals surface area contributed by atoms with Gasteiger partial charge in [0.1, 0.15) is 0 Å². The second kappa shape index (κ2) is 7.54. The Kier molecular flexibility index (Phi) is 5.35. The number of aromatic nitrogens is 2. The van der Waals surface area contributed by atoms with E-state index in [1.807, 2.05) is 45.9 Å². The predicted molar refractivity (Wildman–Crippen MR) is 133 cm³/mol. The second-order valence-corrected chi connectivity index (χ2v) is 14.8. The topological polar surface area (TPSA) is 90.1 Å². The minimum Gasteiger partial charge on any atom is -0.309 e. The van der Waals surface area contributed by atoms with E-state index in [4.69, 9.17) is 0 Å². The van der Waals surface area contributed by atoms with Gasteiger partial charge in [0.2, 0.25) is 5.91 Å². The molecule has 1 saturated carbocycles. The second-order valence-electron chi connectivity index (χ2n) is 10.4. The Bertz CT molecular complexity index is 1080. The van der Waals surface area contributed by atoms with Crippen LogP contribution in [0.2, 0.25) is 0 Å². The van der Waals surface area contributed by atoms with E-state index in [2.05, 4.69) is 39.6 Å². The molecule has 0 saturated heterocycles. The van der Waals surface area contributed by atoms with Crippen molar-refractivity contribution in [2.24, 2.45) is 0 Å². The molecule has 1 aliphatic heterocycles. The summed E-state index contributed by atoms with van der Waals surface area (Å²) in [6, 6.07) is 5.73. The van der Waals surface area contributed by atoms with Crippen LogP contribution >= 0.6 is 10.0 Å². The predicted octanol–water partition coefficient (Wildman–Crippen LogP) is 4.86. The van der Waals surface area contributed by atoms with E-state index < -0.39 is 15.6 Å². The van der Waals surface area contributed by atoms with Crippen LogP contribution in [0.3, 0.4) is 0 Å². The summed E-state index contributed by atoms with van der Waals surface area (Å²) in [5.74, 6) is 0.617. The number of fused-ring (bicyclic) bond motifs is 1. The lowest BCUT2D eigenvalue weighted by Crippen LogP contribution is -2.51. The van der Waals surface area contributed by atoms with Crippen molar-refractivity contribution < 1.29 is 9.59 Å². The molecule has 2 aromatic rings. The number of benzene rings is 1. The fourth-order valence-corrected chi connectivity index (χ4v) is 6.97. The molecule has 0 unspecified atom stereocenters. The highest BCUT2D eigenvalue weighted by Gasteiger charge is 2.51. The zero-order chi connectivity index (χ0) is 23.5. The third-order valence-corrected chi connectivity index (χ3v) is 10.5.